The van der Waals surface area contributed by atoms with Gasteiger partial charge in [0.1, 0.15) is 5.75 Å². The molecule has 0 saturated heterocycles. The van der Waals surface area contributed by atoms with Gasteiger partial charge >= 0.3 is 6.61 Å². The molecule has 2 N–H and O–H groups in total. The van der Waals surface area contributed by atoms with Gasteiger partial charge in [0, 0.05) is 27.2 Å². The van der Waals surface area contributed by atoms with Crippen molar-refractivity contribution in [3.63, 3.8) is 0 Å². The van der Waals surface area contributed by atoms with Crippen LogP contribution < -0.4 is 15.4 Å². The van der Waals surface area contributed by atoms with Gasteiger partial charge in [0.05, 0.1) is 6.54 Å². The van der Waals surface area contributed by atoms with Crippen molar-refractivity contribution < 1.29 is 18.3 Å². The number of guanidine groups is 1. The summed E-state index contributed by atoms with van der Waals surface area (Å²) >= 11 is 0. The van der Waals surface area contributed by atoms with Crippen LogP contribution in [0.2, 0.25) is 0 Å². The molecular formula is C20H25F2IN4O2. The van der Waals surface area contributed by atoms with Gasteiger partial charge in [-0.2, -0.15) is 8.78 Å². The van der Waals surface area contributed by atoms with Gasteiger partial charge < -0.3 is 20.3 Å². The molecule has 1 amide bonds. The fourth-order valence-electron chi connectivity index (χ4n) is 2.53. The van der Waals surface area contributed by atoms with E-state index >= 15 is 0 Å². The molecule has 29 heavy (non-hydrogen) atoms. The molecule has 0 aliphatic rings. The zero-order valence-corrected chi connectivity index (χ0v) is 18.6. The molecule has 6 nitrogen and oxygen atoms in total. The third-order valence-corrected chi connectivity index (χ3v) is 3.88. The van der Waals surface area contributed by atoms with Crippen molar-refractivity contribution in [3.8, 4) is 5.75 Å². The van der Waals surface area contributed by atoms with E-state index in [0.717, 1.165) is 11.1 Å². The van der Waals surface area contributed by atoms with Gasteiger partial charge in [0.15, 0.2) is 5.96 Å². The predicted octanol–water partition coefficient (Wildman–Crippen LogP) is 3.23. The highest BCUT2D eigenvalue weighted by molar-refractivity contribution is 14.0. The first-order valence-corrected chi connectivity index (χ1v) is 8.74. The van der Waals surface area contributed by atoms with Crippen LogP contribution in [-0.2, 0) is 17.9 Å². The van der Waals surface area contributed by atoms with Crippen LogP contribution in [0.1, 0.15) is 11.1 Å². The van der Waals surface area contributed by atoms with Gasteiger partial charge in [-0.25, -0.2) is 0 Å². The van der Waals surface area contributed by atoms with Crippen LogP contribution >= 0.6 is 24.0 Å². The minimum atomic E-state index is -2.84. The normalized spacial score (nSPS) is 10.9. The largest absolute Gasteiger partial charge is 0.435 e. The predicted molar refractivity (Wildman–Crippen MR) is 120 cm³/mol. The fourth-order valence-corrected chi connectivity index (χ4v) is 2.53. The van der Waals surface area contributed by atoms with Crippen LogP contribution in [0, 0.1) is 0 Å². The van der Waals surface area contributed by atoms with E-state index in [9.17, 15) is 13.6 Å². The summed E-state index contributed by atoms with van der Waals surface area (Å²) in [5.74, 6) is 0.508. The monoisotopic (exact) mass is 518 g/mol. The van der Waals surface area contributed by atoms with Crippen molar-refractivity contribution in [3.05, 3.63) is 65.7 Å². The molecule has 0 aromatic heterocycles. The molecule has 0 saturated carbocycles. The smallest absolute Gasteiger partial charge is 0.387 e. The van der Waals surface area contributed by atoms with Gasteiger partial charge in [-0.15, -0.1) is 24.0 Å². The Kier molecular flexibility index (Phi) is 11.0. The van der Waals surface area contributed by atoms with Crippen LogP contribution in [0.15, 0.2) is 59.6 Å². The summed E-state index contributed by atoms with van der Waals surface area (Å²) in [6.45, 7) is -1.81. The van der Waals surface area contributed by atoms with E-state index in [2.05, 4.69) is 20.4 Å². The number of alkyl halides is 2. The summed E-state index contributed by atoms with van der Waals surface area (Å²) in [6.07, 6.45) is 0. The minimum Gasteiger partial charge on any atom is -0.435 e. The number of aliphatic imine (C=N–C) groups is 1. The highest BCUT2D eigenvalue weighted by Crippen LogP contribution is 2.15. The van der Waals surface area contributed by atoms with Crippen molar-refractivity contribution >= 4 is 35.8 Å². The van der Waals surface area contributed by atoms with E-state index in [4.69, 9.17) is 0 Å². The molecule has 0 aliphatic carbocycles. The Balaban J connectivity index is 0.00000420. The molecule has 0 radical (unpaired) electrons. The summed E-state index contributed by atoms with van der Waals surface area (Å²) in [7, 11) is 3.45. The molecule has 2 aromatic rings. The second kappa shape index (κ2) is 12.9. The van der Waals surface area contributed by atoms with Gasteiger partial charge in [0.25, 0.3) is 0 Å². The van der Waals surface area contributed by atoms with Crippen LogP contribution in [0.5, 0.6) is 5.75 Å². The topological polar surface area (TPSA) is 66.0 Å². The number of rotatable bonds is 8. The molecule has 9 heteroatoms. The SMILES string of the molecule is CN=C(NCC(=O)NCc1ccccc1)N(C)Cc1ccc(OC(F)F)cc1.I. The lowest BCUT2D eigenvalue weighted by Gasteiger charge is -2.22. The van der Waals surface area contributed by atoms with Crippen LogP contribution in [0.25, 0.3) is 0 Å². The highest BCUT2D eigenvalue weighted by atomic mass is 127. The number of halogens is 3. The Morgan fingerprint density at radius 2 is 1.72 bits per heavy atom. The molecule has 0 heterocycles. The maximum Gasteiger partial charge on any atom is 0.387 e. The van der Waals surface area contributed by atoms with Crippen molar-refractivity contribution in [2.24, 2.45) is 4.99 Å². The number of nitrogens with one attached hydrogen (secondary N) is 2. The first kappa shape index (κ1) is 24.6. The first-order valence-electron chi connectivity index (χ1n) is 8.74. The van der Waals surface area contributed by atoms with Gasteiger partial charge in [-0.3, -0.25) is 9.79 Å². The van der Waals surface area contributed by atoms with Gasteiger partial charge in [-0.05, 0) is 23.3 Å². The Morgan fingerprint density at radius 3 is 2.31 bits per heavy atom. The third kappa shape index (κ3) is 9.07. The van der Waals surface area contributed by atoms with Gasteiger partial charge in [0.2, 0.25) is 5.91 Å². The summed E-state index contributed by atoms with van der Waals surface area (Å²) in [5.41, 5.74) is 1.91. The second-order valence-electron chi connectivity index (χ2n) is 6.04. The molecule has 2 rings (SSSR count). The fraction of sp³-hybridized carbons (Fsp3) is 0.300. The summed E-state index contributed by atoms with van der Waals surface area (Å²) in [5, 5.41) is 5.84. The number of carbonyl (C=O) groups excluding carboxylic acids is 1. The van der Waals surface area contributed by atoms with Gasteiger partial charge in [-0.1, -0.05) is 42.5 Å². The second-order valence-corrected chi connectivity index (χ2v) is 6.04. The van der Waals surface area contributed by atoms with Crippen LogP contribution in [0.3, 0.4) is 0 Å². The number of hydrogen-bond acceptors (Lipinski definition) is 3. The Bertz CT molecular complexity index is 774. The van der Waals surface area contributed by atoms with Crippen molar-refractivity contribution in [1.29, 1.82) is 0 Å². The Labute approximate surface area is 186 Å². The van der Waals surface area contributed by atoms with E-state index < -0.39 is 6.61 Å². The highest BCUT2D eigenvalue weighted by Gasteiger charge is 2.10. The van der Waals surface area contributed by atoms with Crippen LogP contribution in [-0.4, -0.2) is 44.0 Å². The number of nitrogens with zero attached hydrogens (tertiary/aromatic N) is 2. The molecule has 0 fully saturated rings. The Hall–Kier alpha value is -2.43. The van der Waals surface area contributed by atoms with Crippen LogP contribution in [0.4, 0.5) is 8.78 Å². The van der Waals surface area contributed by atoms with E-state index in [1.807, 2.05) is 42.3 Å². The lowest BCUT2D eigenvalue weighted by Crippen LogP contribution is -2.43. The maximum atomic E-state index is 12.2. The quantitative estimate of drug-likeness (QED) is 0.320. The molecule has 0 spiro atoms. The molecule has 0 unspecified atom stereocenters. The summed E-state index contributed by atoms with van der Waals surface area (Å²) in [6, 6.07) is 16.0. The minimum absolute atomic E-state index is 0. The standard InChI is InChI=1S/C20H24F2N4O2.HI/c1-23-20(25-13-18(27)24-12-15-6-4-3-5-7-15)26(2)14-16-8-10-17(11-9-16)28-19(21)22;/h3-11,19H,12-14H2,1-2H3,(H,23,25)(H,24,27);1H. The molecule has 0 atom stereocenters. The molecule has 0 bridgehead atoms. The van der Waals surface area contributed by atoms with E-state index in [1.54, 1.807) is 19.2 Å². The average Bonchev–Trinajstić information content (AvgIpc) is 2.69. The van der Waals surface area contributed by atoms with E-state index in [0.29, 0.717) is 19.0 Å². The lowest BCUT2D eigenvalue weighted by atomic mass is 10.2. The average molecular weight is 518 g/mol. The number of hydrogen-bond donors (Lipinski definition) is 2. The van der Waals surface area contributed by atoms with Crippen molar-refractivity contribution in [2.75, 3.05) is 20.6 Å². The molecule has 0 aliphatic heterocycles. The number of carbonyl (C=O) groups is 1. The third-order valence-electron chi connectivity index (χ3n) is 3.88. The zero-order chi connectivity index (χ0) is 20.4. The maximum absolute atomic E-state index is 12.2. The van der Waals surface area contributed by atoms with Crippen molar-refractivity contribution in [1.82, 2.24) is 15.5 Å². The van der Waals surface area contributed by atoms with E-state index in [-0.39, 0.29) is 42.2 Å². The Morgan fingerprint density at radius 1 is 1.07 bits per heavy atom. The van der Waals surface area contributed by atoms with E-state index in [1.165, 1.54) is 12.1 Å². The summed E-state index contributed by atoms with van der Waals surface area (Å²) in [4.78, 5) is 18.0. The number of benzene rings is 2. The molecule has 2 aromatic carbocycles. The summed E-state index contributed by atoms with van der Waals surface area (Å²) < 4.78 is 28.7. The zero-order valence-electron chi connectivity index (χ0n) is 16.3. The molecular weight excluding hydrogens is 493 g/mol. The first-order chi connectivity index (χ1) is 13.5. The number of amides is 1. The molecule has 158 valence electrons. The number of ether oxygens (including phenoxy) is 1. The van der Waals surface area contributed by atoms with Crippen molar-refractivity contribution in [2.45, 2.75) is 19.7 Å². The lowest BCUT2D eigenvalue weighted by molar-refractivity contribution is -0.120.